The van der Waals surface area contributed by atoms with E-state index in [1.54, 1.807) is 19.2 Å². The summed E-state index contributed by atoms with van der Waals surface area (Å²) in [4.78, 5) is 27.0. The molecule has 27 heavy (non-hydrogen) atoms. The number of aryl methyl sites for hydroxylation is 2. The van der Waals surface area contributed by atoms with Crippen molar-refractivity contribution in [3.63, 3.8) is 0 Å². The molecular weight excluding hydrogens is 340 g/mol. The Bertz CT molecular complexity index is 826. The van der Waals surface area contributed by atoms with Gasteiger partial charge in [-0.25, -0.2) is 0 Å². The third kappa shape index (κ3) is 4.67. The highest BCUT2D eigenvalue weighted by Gasteiger charge is 2.22. The lowest BCUT2D eigenvalue weighted by molar-refractivity contribution is -0.116. The van der Waals surface area contributed by atoms with Crippen LogP contribution >= 0.6 is 0 Å². The number of anilines is 1. The zero-order valence-electron chi connectivity index (χ0n) is 16.0. The van der Waals surface area contributed by atoms with Crippen LogP contribution in [0, 0.1) is 6.92 Å². The molecule has 0 unspecified atom stereocenters. The van der Waals surface area contributed by atoms with Crippen LogP contribution in [0.4, 0.5) is 5.69 Å². The normalized spacial score (nSPS) is 13.5. The number of rotatable bonds is 6. The van der Waals surface area contributed by atoms with Gasteiger partial charge < -0.3 is 15.0 Å². The molecule has 0 spiro atoms. The molecule has 1 aliphatic heterocycles. The lowest BCUT2D eigenvalue weighted by Crippen LogP contribution is -2.28. The zero-order chi connectivity index (χ0) is 19.2. The number of nitrogens with zero attached hydrogens (tertiary/aromatic N) is 1. The number of hydrogen-bond acceptors (Lipinski definition) is 3. The molecule has 1 aliphatic rings. The lowest BCUT2D eigenvalue weighted by Gasteiger charge is -2.18. The fourth-order valence-electron chi connectivity index (χ4n) is 3.44. The Kier molecular flexibility index (Phi) is 6.12. The van der Waals surface area contributed by atoms with E-state index in [4.69, 9.17) is 4.74 Å². The predicted octanol–water partition coefficient (Wildman–Crippen LogP) is 3.81. The van der Waals surface area contributed by atoms with E-state index in [1.165, 1.54) is 0 Å². The number of nitrogens with one attached hydrogen (secondary N) is 1. The van der Waals surface area contributed by atoms with E-state index in [2.05, 4.69) is 5.32 Å². The van der Waals surface area contributed by atoms with E-state index in [0.717, 1.165) is 42.8 Å². The van der Waals surface area contributed by atoms with Gasteiger partial charge in [0, 0.05) is 19.5 Å². The summed E-state index contributed by atoms with van der Waals surface area (Å²) >= 11 is 0. The first kappa shape index (κ1) is 19.0. The van der Waals surface area contributed by atoms with Crippen LogP contribution in [0.2, 0.25) is 0 Å². The van der Waals surface area contributed by atoms with E-state index in [9.17, 15) is 9.59 Å². The second-order valence-corrected chi connectivity index (χ2v) is 6.90. The molecule has 142 valence electrons. The summed E-state index contributed by atoms with van der Waals surface area (Å²) in [6.07, 6.45) is 3.08. The number of likely N-dealkylation sites (tertiary alicyclic amines) is 1. The fraction of sp³-hybridized carbons (Fsp3) is 0.364. The van der Waals surface area contributed by atoms with Crippen LogP contribution in [0.3, 0.4) is 0 Å². The van der Waals surface area contributed by atoms with Crippen LogP contribution in [0.1, 0.15) is 40.7 Å². The fourth-order valence-corrected chi connectivity index (χ4v) is 3.44. The maximum Gasteiger partial charge on any atom is 0.255 e. The maximum absolute atomic E-state index is 12.7. The van der Waals surface area contributed by atoms with Gasteiger partial charge in [0.25, 0.3) is 5.91 Å². The number of para-hydroxylation sites is 1. The van der Waals surface area contributed by atoms with E-state index < -0.39 is 0 Å². The van der Waals surface area contributed by atoms with E-state index >= 15 is 0 Å². The highest BCUT2D eigenvalue weighted by molar-refractivity contribution is 6.03. The molecule has 0 atom stereocenters. The lowest BCUT2D eigenvalue weighted by atomic mass is 10.1. The van der Waals surface area contributed by atoms with Gasteiger partial charge in [0.2, 0.25) is 5.91 Å². The molecule has 1 heterocycles. The first-order chi connectivity index (χ1) is 13.1. The highest BCUT2D eigenvalue weighted by atomic mass is 16.5. The van der Waals surface area contributed by atoms with Crippen molar-refractivity contribution in [1.82, 2.24) is 4.90 Å². The average molecular weight is 366 g/mol. The minimum Gasteiger partial charge on any atom is -0.496 e. The Hall–Kier alpha value is -2.82. The third-order valence-electron chi connectivity index (χ3n) is 4.92. The van der Waals surface area contributed by atoms with Crippen molar-refractivity contribution in [1.29, 1.82) is 0 Å². The summed E-state index contributed by atoms with van der Waals surface area (Å²) in [6.45, 7) is 3.57. The molecule has 2 amide bonds. The van der Waals surface area contributed by atoms with Crippen molar-refractivity contribution in [2.24, 2.45) is 0 Å². The predicted molar refractivity (Wildman–Crippen MR) is 106 cm³/mol. The maximum atomic E-state index is 12.7. The molecule has 0 aliphatic carbocycles. The molecule has 2 aromatic rings. The average Bonchev–Trinajstić information content (AvgIpc) is 3.21. The van der Waals surface area contributed by atoms with Crippen LogP contribution in [0.15, 0.2) is 42.5 Å². The summed E-state index contributed by atoms with van der Waals surface area (Å²) in [7, 11) is 1.65. The van der Waals surface area contributed by atoms with Gasteiger partial charge in [-0.15, -0.1) is 0 Å². The standard InChI is InChI=1S/C22H26N2O3/c1-16-15-17(9-11-20(16)27-2)10-12-21(25)23-19-8-4-3-7-18(19)22(26)24-13-5-6-14-24/h3-4,7-9,11,15H,5-6,10,12-14H2,1-2H3,(H,23,25). The van der Waals surface area contributed by atoms with Gasteiger partial charge >= 0.3 is 0 Å². The van der Waals surface area contributed by atoms with E-state index in [0.29, 0.717) is 24.1 Å². The van der Waals surface area contributed by atoms with Crippen LogP contribution in [0.5, 0.6) is 5.75 Å². The molecule has 5 nitrogen and oxygen atoms in total. The van der Waals surface area contributed by atoms with Gasteiger partial charge in [-0.3, -0.25) is 9.59 Å². The van der Waals surface area contributed by atoms with Crippen molar-refractivity contribution in [3.8, 4) is 5.75 Å². The topological polar surface area (TPSA) is 58.6 Å². The van der Waals surface area contributed by atoms with Gasteiger partial charge in [0.15, 0.2) is 0 Å². The van der Waals surface area contributed by atoms with Crippen molar-refractivity contribution >= 4 is 17.5 Å². The molecule has 0 aromatic heterocycles. The minimum atomic E-state index is -0.0925. The summed E-state index contributed by atoms with van der Waals surface area (Å²) in [5.74, 6) is 0.747. The number of carbonyl (C=O) groups excluding carboxylic acids is 2. The molecule has 1 saturated heterocycles. The number of benzene rings is 2. The molecule has 0 radical (unpaired) electrons. The Labute approximate surface area is 160 Å². The molecule has 3 rings (SSSR count). The molecule has 1 fully saturated rings. The summed E-state index contributed by atoms with van der Waals surface area (Å²) < 4.78 is 5.27. The molecular formula is C22H26N2O3. The number of amides is 2. The van der Waals surface area contributed by atoms with Crippen molar-refractivity contribution in [2.75, 3.05) is 25.5 Å². The van der Waals surface area contributed by atoms with Gasteiger partial charge in [0.05, 0.1) is 18.4 Å². The summed E-state index contributed by atoms with van der Waals surface area (Å²) in [5, 5.41) is 2.91. The quantitative estimate of drug-likeness (QED) is 0.846. The highest BCUT2D eigenvalue weighted by Crippen LogP contribution is 2.22. The SMILES string of the molecule is COc1ccc(CCC(=O)Nc2ccccc2C(=O)N2CCCC2)cc1C. The Morgan fingerprint density at radius 2 is 1.85 bits per heavy atom. The Morgan fingerprint density at radius 3 is 2.56 bits per heavy atom. The van der Waals surface area contributed by atoms with E-state index in [-0.39, 0.29) is 11.8 Å². The molecule has 0 saturated carbocycles. The Morgan fingerprint density at radius 1 is 1.11 bits per heavy atom. The van der Waals surface area contributed by atoms with Gasteiger partial charge in [-0.05, 0) is 55.5 Å². The third-order valence-corrected chi connectivity index (χ3v) is 4.92. The van der Waals surface area contributed by atoms with Crippen molar-refractivity contribution < 1.29 is 14.3 Å². The minimum absolute atomic E-state index is 0.00539. The zero-order valence-corrected chi connectivity index (χ0v) is 16.0. The molecule has 1 N–H and O–H groups in total. The van der Waals surface area contributed by atoms with Gasteiger partial charge in [-0.2, -0.15) is 0 Å². The molecule has 0 bridgehead atoms. The number of hydrogen-bond donors (Lipinski definition) is 1. The van der Waals surface area contributed by atoms with Crippen LogP contribution < -0.4 is 10.1 Å². The second-order valence-electron chi connectivity index (χ2n) is 6.90. The largest absolute Gasteiger partial charge is 0.496 e. The smallest absolute Gasteiger partial charge is 0.255 e. The van der Waals surface area contributed by atoms with Crippen molar-refractivity contribution in [2.45, 2.75) is 32.6 Å². The summed E-state index contributed by atoms with van der Waals surface area (Å²) in [5.41, 5.74) is 3.29. The van der Waals surface area contributed by atoms with Crippen LogP contribution in [-0.2, 0) is 11.2 Å². The second kappa shape index (κ2) is 8.71. The van der Waals surface area contributed by atoms with E-state index in [1.807, 2.05) is 42.2 Å². The first-order valence-electron chi connectivity index (χ1n) is 9.40. The summed E-state index contributed by atoms with van der Waals surface area (Å²) in [6, 6.07) is 13.2. The van der Waals surface area contributed by atoms with Gasteiger partial charge in [-0.1, -0.05) is 24.3 Å². The number of carbonyl (C=O) groups is 2. The first-order valence-corrected chi connectivity index (χ1v) is 9.40. The van der Waals surface area contributed by atoms with Gasteiger partial charge in [0.1, 0.15) is 5.75 Å². The monoisotopic (exact) mass is 366 g/mol. The molecule has 2 aromatic carbocycles. The number of ether oxygens (including phenoxy) is 1. The number of methoxy groups -OCH3 is 1. The van der Waals surface area contributed by atoms with Crippen LogP contribution in [-0.4, -0.2) is 36.9 Å². The molecule has 5 heteroatoms. The van der Waals surface area contributed by atoms with Crippen molar-refractivity contribution in [3.05, 3.63) is 59.2 Å². The Balaban J connectivity index is 1.62. The van der Waals surface area contributed by atoms with Crippen LogP contribution in [0.25, 0.3) is 0 Å².